The van der Waals surface area contributed by atoms with Crippen molar-refractivity contribution >= 4 is 17.4 Å². The van der Waals surface area contributed by atoms with Crippen molar-refractivity contribution in [3.63, 3.8) is 0 Å². The molecule has 0 spiro atoms. The molecule has 1 aromatic carbocycles. The van der Waals surface area contributed by atoms with Crippen LogP contribution in [0.3, 0.4) is 0 Å². The maximum atomic E-state index is 12.8. The van der Waals surface area contributed by atoms with Gasteiger partial charge < -0.3 is 10.6 Å². The molecule has 3 rings (SSSR count). The molecule has 1 aromatic heterocycles. The third-order valence-electron chi connectivity index (χ3n) is 4.29. The Morgan fingerprint density at radius 3 is 2.72 bits per heavy atom. The van der Waals surface area contributed by atoms with E-state index >= 15 is 0 Å². The zero-order valence-electron chi connectivity index (χ0n) is 14.2. The number of carbonyl (C=O) groups is 1. The molecule has 0 saturated heterocycles. The van der Waals surface area contributed by atoms with Crippen molar-refractivity contribution < 1.29 is 4.79 Å². The predicted molar refractivity (Wildman–Crippen MR) is 97.4 cm³/mol. The summed E-state index contributed by atoms with van der Waals surface area (Å²) < 4.78 is 2.77. The molecule has 0 aliphatic carbocycles. The third kappa shape index (κ3) is 3.35. The van der Waals surface area contributed by atoms with Crippen LogP contribution in [0.4, 0.5) is 11.5 Å². The van der Waals surface area contributed by atoms with Gasteiger partial charge in [0.15, 0.2) is 0 Å². The Balaban J connectivity index is 2.07. The zero-order valence-corrected chi connectivity index (χ0v) is 14.2. The van der Waals surface area contributed by atoms with Crippen molar-refractivity contribution in [2.45, 2.75) is 39.3 Å². The second-order valence-corrected chi connectivity index (χ2v) is 6.07. The van der Waals surface area contributed by atoms with Gasteiger partial charge in [-0.15, -0.1) is 0 Å². The lowest BCUT2D eigenvalue weighted by atomic mass is 10.2. The van der Waals surface area contributed by atoms with E-state index in [1.165, 1.54) is 4.57 Å². The molecule has 0 radical (unpaired) electrons. The Kier molecular flexibility index (Phi) is 5.02. The van der Waals surface area contributed by atoms with E-state index in [1.54, 1.807) is 28.8 Å². The van der Waals surface area contributed by atoms with E-state index in [-0.39, 0.29) is 17.3 Å². The number of amides is 1. The summed E-state index contributed by atoms with van der Waals surface area (Å²) in [5, 5.41) is 5.79. The zero-order chi connectivity index (χ0) is 17.8. The normalized spacial score (nSPS) is 13.0. The summed E-state index contributed by atoms with van der Waals surface area (Å²) >= 11 is 0. The van der Waals surface area contributed by atoms with Crippen molar-refractivity contribution in [1.29, 1.82) is 0 Å². The van der Waals surface area contributed by atoms with E-state index in [1.807, 2.05) is 13.0 Å². The molecule has 0 bridgehead atoms. The van der Waals surface area contributed by atoms with Gasteiger partial charge >= 0.3 is 5.69 Å². The number of carbonyl (C=O) groups excluding carboxylic acids is 1. The highest BCUT2D eigenvalue weighted by molar-refractivity contribution is 6.05. The molecule has 132 valence electrons. The van der Waals surface area contributed by atoms with Gasteiger partial charge in [-0.05, 0) is 25.0 Å². The van der Waals surface area contributed by atoms with E-state index < -0.39 is 5.56 Å². The van der Waals surface area contributed by atoms with Crippen LogP contribution in [-0.4, -0.2) is 21.6 Å². The fourth-order valence-corrected chi connectivity index (χ4v) is 2.94. The number of nitrogens with one attached hydrogen (secondary N) is 2. The summed E-state index contributed by atoms with van der Waals surface area (Å²) in [5.41, 5.74) is -0.172. The molecule has 2 heterocycles. The molecule has 2 aromatic rings. The number of hydrogen-bond acceptors (Lipinski definition) is 4. The summed E-state index contributed by atoms with van der Waals surface area (Å²) in [6.45, 7) is 3.54. The number of fused-ring (bicyclic) bond motifs is 1. The molecule has 1 aliphatic heterocycles. The van der Waals surface area contributed by atoms with Gasteiger partial charge in [-0.3, -0.25) is 18.7 Å². The molecule has 1 aliphatic rings. The van der Waals surface area contributed by atoms with Gasteiger partial charge in [-0.1, -0.05) is 31.5 Å². The predicted octanol–water partition coefficient (Wildman–Crippen LogP) is 1.88. The monoisotopic (exact) mass is 342 g/mol. The van der Waals surface area contributed by atoms with Crippen molar-refractivity contribution in [2.75, 3.05) is 17.2 Å². The van der Waals surface area contributed by atoms with Crippen LogP contribution in [0.15, 0.2) is 39.9 Å². The fraction of sp³-hybridized carbons (Fsp3) is 0.389. The van der Waals surface area contributed by atoms with E-state index in [9.17, 15) is 14.4 Å². The van der Waals surface area contributed by atoms with Crippen LogP contribution in [-0.2, 0) is 13.1 Å². The lowest BCUT2D eigenvalue weighted by Crippen LogP contribution is -2.44. The van der Waals surface area contributed by atoms with Crippen LogP contribution in [0, 0.1) is 0 Å². The Hall–Kier alpha value is -2.83. The van der Waals surface area contributed by atoms with E-state index in [2.05, 4.69) is 10.6 Å². The maximum absolute atomic E-state index is 12.8. The van der Waals surface area contributed by atoms with Crippen LogP contribution in [0.1, 0.15) is 36.5 Å². The lowest BCUT2D eigenvalue weighted by molar-refractivity contribution is 0.102. The molecule has 0 atom stereocenters. The highest BCUT2D eigenvalue weighted by Crippen LogP contribution is 2.20. The van der Waals surface area contributed by atoms with Gasteiger partial charge in [0, 0.05) is 25.2 Å². The molecule has 25 heavy (non-hydrogen) atoms. The average Bonchev–Trinajstić information content (AvgIpc) is 2.65. The van der Waals surface area contributed by atoms with Crippen molar-refractivity contribution in [3.8, 4) is 0 Å². The number of benzene rings is 1. The first-order chi connectivity index (χ1) is 12.1. The van der Waals surface area contributed by atoms with Crippen LogP contribution in [0.25, 0.3) is 0 Å². The second-order valence-electron chi connectivity index (χ2n) is 6.07. The number of rotatable bonds is 5. The summed E-state index contributed by atoms with van der Waals surface area (Å²) in [7, 11) is 0. The summed E-state index contributed by atoms with van der Waals surface area (Å²) in [5.74, 6) is 0.0341. The minimum Gasteiger partial charge on any atom is -0.369 e. The first-order valence-electron chi connectivity index (χ1n) is 8.61. The molecule has 0 unspecified atom stereocenters. The lowest BCUT2D eigenvalue weighted by Gasteiger charge is -2.24. The van der Waals surface area contributed by atoms with Crippen LogP contribution >= 0.6 is 0 Å². The minimum atomic E-state index is -0.455. The first-order valence-corrected chi connectivity index (χ1v) is 8.61. The summed E-state index contributed by atoms with van der Waals surface area (Å²) in [4.78, 5) is 37.9. The van der Waals surface area contributed by atoms with Gasteiger partial charge in [0.05, 0.1) is 0 Å². The molecule has 0 saturated carbocycles. The topological polar surface area (TPSA) is 85.1 Å². The van der Waals surface area contributed by atoms with E-state index in [4.69, 9.17) is 0 Å². The van der Waals surface area contributed by atoms with Crippen LogP contribution in [0.2, 0.25) is 0 Å². The van der Waals surface area contributed by atoms with Gasteiger partial charge in [0.2, 0.25) is 0 Å². The fourth-order valence-electron chi connectivity index (χ4n) is 2.94. The highest BCUT2D eigenvalue weighted by Gasteiger charge is 2.22. The molecule has 0 fully saturated rings. The van der Waals surface area contributed by atoms with Gasteiger partial charge in [0.25, 0.3) is 11.5 Å². The number of hydrogen-bond donors (Lipinski definition) is 2. The van der Waals surface area contributed by atoms with Crippen molar-refractivity contribution in [1.82, 2.24) is 9.13 Å². The molecular formula is C18H22N4O3. The Bertz CT molecular complexity index is 884. The largest absolute Gasteiger partial charge is 0.369 e. The minimum absolute atomic E-state index is 0.143. The smallest absolute Gasteiger partial charge is 0.332 e. The molecular weight excluding hydrogens is 320 g/mol. The van der Waals surface area contributed by atoms with E-state index in [0.717, 1.165) is 19.3 Å². The average molecular weight is 342 g/mol. The highest BCUT2D eigenvalue weighted by atomic mass is 16.2. The Morgan fingerprint density at radius 2 is 2.00 bits per heavy atom. The quantitative estimate of drug-likeness (QED) is 0.869. The number of aromatic nitrogens is 2. The molecule has 2 N–H and O–H groups in total. The van der Waals surface area contributed by atoms with Crippen LogP contribution < -0.4 is 21.9 Å². The Labute approximate surface area is 145 Å². The SMILES string of the molecule is CCCCn1c(=O)c(NC(=O)c2ccccc2)c2n(c1=O)CCCN2. The molecule has 7 heteroatoms. The standard InChI is InChI=1S/C18H22N4O3/c1-2-3-11-22-17(24)14(15-19-10-7-12-21(15)18(22)25)20-16(23)13-8-5-4-6-9-13/h4-6,8-9,19H,2-3,7,10-12H2,1H3,(H,20,23). The third-order valence-corrected chi connectivity index (χ3v) is 4.29. The number of nitrogens with zero attached hydrogens (tertiary/aromatic N) is 2. The summed E-state index contributed by atoms with van der Waals surface area (Å²) in [6, 6.07) is 8.70. The number of anilines is 2. The second kappa shape index (κ2) is 7.38. The van der Waals surface area contributed by atoms with Gasteiger partial charge in [0.1, 0.15) is 11.5 Å². The molecule has 7 nitrogen and oxygen atoms in total. The van der Waals surface area contributed by atoms with E-state index in [0.29, 0.717) is 31.0 Å². The van der Waals surface area contributed by atoms with Gasteiger partial charge in [-0.25, -0.2) is 4.79 Å². The van der Waals surface area contributed by atoms with Crippen LogP contribution in [0.5, 0.6) is 0 Å². The first kappa shape index (κ1) is 17.0. The van der Waals surface area contributed by atoms with Crippen molar-refractivity contribution in [3.05, 3.63) is 56.7 Å². The van der Waals surface area contributed by atoms with Crippen molar-refractivity contribution in [2.24, 2.45) is 0 Å². The Morgan fingerprint density at radius 1 is 1.24 bits per heavy atom. The number of unbranched alkanes of at least 4 members (excludes halogenated alkanes) is 1. The maximum Gasteiger partial charge on any atom is 0.332 e. The molecule has 1 amide bonds. The summed E-state index contributed by atoms with van der Waals surface area (Å²) in [6.07, 6.45) is 2.40. The van der Waals surface area contributed by atoms with Gasteiger partial charge in [-0.2, -0.15) is 0 Å².